The van der Waals surface area contributed by atoms with Crippen LogP contribution in [0.5, 0.6) is 5.75 Å². The molecule has 2 aromatic carbocycles. The maximum absolute atomic E-state index is 13.3. The van der Waals surface area contributed by atoms with Gasteiger partial charge < -0.3 is 19.5 Å². The lowest BCUT2D eigenvalue weighted by atomic mass is 9.93. The Labute approximate surface area is 200 Å². The fraction of sp³-hybridized carbons (Fsp3) is 0.407. The van der Waals surface area contributed by atoms with E-state index in [-0.39, 0.29) is 11.3 Å². The highest BCUT2D eigenvalue weighted by Gasteiger charge is 2.46. The summed E-state index contributed by atoms with van der Waals surface area (Å²) in [5.41, 5.74) is 3.38. The molecule has 34 heavy (non-hydrogen) atoms. The Bertz CT molecular complexity index is 1090. The lowest BCUT2D eigenvalue weighted by Crippen LogP contribution is -2.42. The van der Waals surface area contributed by atoms with Crippen LogP contribution in [0.2, 0.25) is 0 Å². The topological polar surface area (TPSA) is 79.3 Å². The Hall–Kier alpha value is -3.16. The normalized spacial score (nSPS) is 20.7. The van der Waals surface area contributed by atoms with Gasteiger partial charge in [0.05, 0.1) is 31.9 Å². The zero-order valence-electron chi connectivity index (χ0n) is 20.0. The standard InChI is InChI=1S/C27H32N2O5/c1-4-19-5-7-20(8-6-19)24-23(25(30)22-10-9-21(33-3)17-18(22)2)26(31)27(32)29(24)12-11-28-13-15-34-16-14-28/h5-10,17,24,30H,4,11-16H2,1-3H3/t24-/m1/s1. The molecule has 2 aliphatic heterocycles. The zero-order valence-corrected chi connectivity index (χ0v) is 20.0. The first-order valence-corrected chi connectivity index (χ1v) is 11.8. The van der Waals surface area contributed by atoms with Crippen molar-refractivity contribution in [1.82, 2.24) is 9.80 Å². The molecule has 0 aromatic heterocycles. The van der Waals surface area contributed by atoms with Gasteiger partial charge in [-0.2, -0.15) is 0 Å². The third-order valence-electron chi connectivity index (χ3n) is 6.69. The van der Waals surface area contributed by atoms with Crippen molar-refractivity contribution in [2.45, 2.75) is 26.3 Å². The molecule has 0 radical (unpaired) electrons. The molecule has 180 valence electrons. The fourth-order valence-corrected chi connectivity index (χ4v) is 4.64. The summed E-state index contributed by atoms with van der Waals surface area (Å²) in [5, 5.41) is 11.3. The van der Waals surface area contributed by atoms with E-state index >= 15 is 0 Å². The molecule has 4 rings (SSSR count). The van der Waals surface area contributed by atoms with Crippen molar-refractivity contribution in [3.63, 3.8) is 0 Å². The number of hydrogen-bond donors (Lipinski definition) is 1. The van der Waals surface area contributed by atoms with Crippen LogP contribution in [0.25, 0.3) is 5.76 Å². The molecular formula is C27H32N2O5. The van der Waals surface area contributed by atoms with Crippen LogP contribution in [0.15, 0.2) is 48.0 Å². The number of morpholine rings is 1. The average molecular weight is 465 g/mol. The van der Waals surface area contributed by atoms with Crippen molar-refractivity contribution in [3.8, 4) is 5.75 Å². The predicted molar refractivity (Wildman–Crippen MR) is 130 cm³/mol. The fourth-order valence-electron chi connectivity index (χ4n) is 4.64. The predicted octanol–water partition coefficient (Wildman–Crippen LogP) is 3.32. The van der Waals surface area contributed by atoms with Gasteiger partial charge in [0, 0.05) is 31.7 Å². The first-order chi connectivity index (χ1) is 16.4. The summed E-state index contributed by atoms with van der Waals surface area (Å²) < 4.78 is 10.7. The lowest BCUT2D eigenvalue weighted by Gasteiger charge is -2.31. The summed E-state index contributed by atoms with van der Waals surface area (Å²) >= 11 is 0. The molecule has 2 saturated heterocycles. The number of ketones is 1. The van der Waals surface area contributed by atoms with Gasteiger partial charge in [-0.3, -0.25) is 14.5 Å². The van der Waals surface area contributed by atoms with Gasteiger partial charge in [0.25, 0.3) is 11.7 Å². The third-order valence-corrected chi connectivity index (χ3v) is 6.69. The number of carbonyl (C=O) groups excluding carboxylic acids is 2. The highest BCUT2D eigenvalue weighted by Crippen LogP contribution is 2.40. The van der Waals surface area contributed by atoms with E-state index in [1.54, 1.807) is 30.2 Å². The summed E-state index contributed by atoms with van der Waals surface area (Å²) in [6, 6.07) is 12.5. The van der Waals surface area contributed by atoms with Crippen LogP contribution >= 0.6 is 0 Å². The lowest BCUT2D eigenvalue weighted by molar-refractivity contribution is -0.140. The smallest absolute Gasteiger partial charge is 0.295 e. The van der Waals surface area contributed by atoms with Crippen LogP contribution in [0, 0.1) is 6.92 Å². The van der Waals surface area contributed by atoms with Crippen LogP contribution in [0.4, 0.5) is 0 Å². The van der Waals surface area contributed by atoms with E-state index in [4.69, 9.17) is 9.47 Å². The van der Waals surface area contributed by atoms with Gasteiger partial charge in [0.2, 0.25) is 0 Å². The van der Waals surface area contributed by atoms with Crippen molar-refractivity contribution in [3.05, 3.63) is 70.3 Å². The third kappa shape index (κ3) is 4.72. The maximum atomic E-state index is 13.3. The molecule has 7 heteroatoms. The number of aryl methyl sites for hydroxylation is 2. The van der Waals surface area contributed by atoms with Gasteiger partial charge in [0.1, 0.15) is 11.5 Å². The molecule has 1 amide bonds. The molecule has 2 fully saturated rings. The molecule has 0 saturated carbocycles. The summed E-state index contributed by atoms with van der Waals surface area (Å²) in [4.78, 5) is 30.3. The molecule has 2 heterocycles. The Morgan fingerprint density at radius 1 is 1.09 bits per heavy atom. The number of Topliss-reactive ketones (excluding diaryl/α,β-unsaturated/α-hetero) is 1. The summed E-state index contributed by atoms with van der Waals surface area (Å²) in [6.45, 7) is 7.88. The molecule has 2 aliphatic rings. The minimum atomic E-state index is -0.653. The monoisotopic (exact) mass is 464 g/mol. The van der Waals surface area contributed by atoms with Crippen LogP contribution in [0.3, 0.4) is 0 Å². The second-order valence-corrected chi connectivity index (χ2v) is 8.72. The second-order valence-electron chi connectivity index (χ2n) is 8.72. The van der Waals surface area contributed by atoms with Gasteiger partial charge in [-0.1, -0.05) is 31.2 Å². The molecule has 0 unspecified atom stereocenters. The van der Waals surface area contributed by atoms with E-state index in [9.17, 15) is 14.7 Å². The summed E-state index contributed by atoms with van der Waals surface area (Å²) in [6.07, 6.45) is 0.891. The van der Waals surface area contributed by atoms with Gasteiger partial charge in [-0.25, -0.2) is 0 Å². The molecule has 0 aliphatic carbocycles. The first-order valence-electron chi connectivity index (χ1n) is 11.8. The number of nitrogens with zero attached hydrogens (tertiary/aromatic N) is 2. The maximum Gasteiger partial charge on any atom is 0.295 e. The van der Waals surface area contributed by atoms with Crippen LogP contribution < -0.4 is 4.74 Å². The largest absolute Gasteiger partial charge is 0.507 e. The van der Waals surface area contributed by atoms with Gasteiger partial charge >= 0.3 is 0 Å². The average Bonchev–Trinajstić information content (AvgIpc) is 3.12. The highest BCUT2D eigenvalue weighted by molar-refractivity contribution is 6.46. The Balaban J connectivity index is 1.75. The van der Waals surface area contributed by atoms with Crippen molar-refractivity contribution in [2.75, 3.05) is 46.5 Å². The molecule has 2 aromatic rings. The number of carbonyl (C=O) groups is 2. The zero-order chi connectivity index (χ0) is 24.2. The van der Waals surface area contributed by atoms with Crippen LogP contribution in [0.1, 0.15) is 35.2 Å². The number of likely N-dealkylation sites (tertiary alicyclic amines) is 1. The van der Waals surface area contributed by atoms with E-state index in [0.717, 1.165) is 30.6 Å². The van der Waals surface area contributed by atoms with Gasteiger partial charge in [-0.15, -0.1) is 0 Å². The Morgan fingerprint density at radius 2 is 1.79 bits per heavy atom. The second kappa shape index (κ2) is 10.4. The number of rotatable bonds is 7. The van der Waals surface area contributed by atoms with Gasteiger partial charge in [0.15, 0.2) is 0 Å². The molecule has 0 spiro atoms. The van der Waals surface area contributed by atoms with Crippen molar-refractivity contribution in [2.24, 2.45) is 0 Å². The quantitative estimate of drug-likeness (QED) is 0.385. The van der Waals surface area contributed by atoms with Crippen molar-refractivity contribution in [1.29, 1.82) is 0 Å². The van der Waals surface area contributed by atoms with Crippen LogP contribution in [-0.2, 0) is 20.7 Å². The van der Waals surface area contributed by atoms with E-state index in [2.05, 4.69) is 11.8 Å². The number of aliphatic hydroxyl groups excluding tert-OH is 1. The van der Waals surface area contributed by atoms with E-state index in [0.29, 0.717) is 37.6 Å². The first kappa shape index (κ1) is 24.0. The Kier molecular flexibility index (Phi) is 7.34. The minimum Gasteiger partial charge on any atom is -0.507 e. The highest BCUT2D eigenvalue weighted by atomic mass is 16.5. The van der Waals surface area contributed by atoms with E-state index < -0.39 is 17.7 Å². The van der Waals surface area contributed by atoms with Crippen molar-refractivity contribution < 1.29 is 24.2 Å². The van der Waals surface area contributed by atoms with E-state index in [1.807, 2.05) is 31.2 Å². The molecule has 1 N–H and O–H groups in total. The van der Waals surface area contributed by atoms with E-state index in [1.165, 1.54) is 5.56 Å². The number of methoxy groups -OCH3 is 1. The minimum absolute atomic E-state index is 0.129. The number of aliphatic hydroxyl groups is 1. The summed E-state index contributed by atoms with van der Waals surface area (Å²) in [5.74, 6) is -0.728. The van der Waals surface area contributed by atoms with Crippen LogP contribution in [-0.4, -0.2) is 73.1 Å². The number of amides is 1. The molecular weight excluding hydrogens is 432 g/mol. The SMILES string of the molecule is CCc1ccc([C@@H]2C(=C(O)c3ccc(OC)cc3C)C(=O)C(=O)N2CCN2CCOCC2)cc1. The van der Waals surface area contributed by atoms with Gasteiger partial charge in [-0.05, 0) is 48.2 Å². The molecule has 0 bridgehead atoms. The van der Waals surface area contributed by atoms with Crippen molar-refractivity contribution >= 4 is 17.4 Å². The molecule has 7 nitrogen and oxygen atoms in total. The Morgan fingerprint density at radius 3 is 2.41 bits per heavy atom. The number of ether oxygens (including phenoxy) is 2. The number of benzene rings is 2. The number of hydrogen-bond acceptors (Lipinski definition) is 6. The summed E-state index contributed by atoms with van der Waals surface area (Å²) in [7, 11) is 1.58. The molecule has 1 atom stereocenters.